The minimum absolute atomic E-state index is 0.338. The Balaban J connectivity index is 1.66. The summed E-state index contributed by atoms with van der Waals surface area (Å²) in [5, 5.41) is 3.07. The van der Waals surface area contributed by atoms with Crippen molar-refractivity contribution in [2.75, 3.05) is 18.5 Å². The Morgan fingerprint density at radius 2 is 1.96 bits per heavy atom. The summed E-state index contributed by atoms with van der Waals surface area (Å²) in [5.74, 6) is 1.82. The van der Waals surface area contributed by atoms with E-state index in [4.69, 9.17) is 15.2 Å². The molecule has 0 bridgehead atoms. The lowest BCUT2D eigenvalue weighted by Gasteiger charge is -2.10. The average Bonchev–Trinajstić information content (AvgIpc) is 2.81. The number of benzene rings is 1. The van der Waals surface area contributed by atoms with E-state index >= 15 is 0 Å². The number of rotatable bonds is 3. The van der Waals surface area contributed by atoms with Gasteiger partial charge in [-0.15, -0.1) is 0 Å². The van der Waals surface area contributed by atoms with Gasteiger partial charge >= 0.3 is 0 Å². The fourth-order valence-corrected chi connectivity index (χ4v) is 2.37. The molecule has 1 aliphatic rings. The fourth-order valence-electron chi connectivity index (χ4n) is 2.37. The standard InChI is InChI=1S/C18H22N4O2/c1-12-4-5-15(21-13(12)2)11-20-18(19)22-14-6-7-16-17(10-14)24-9-3-8-23-16/h4-7,10H,3,8-9,11H2,1-2H3,(H3,19,20,22). The van der Waals surface area contributed by atoms with Crippen LogP contribution < -0.4 is 20.5 Å². The van der Waals surface area contributed by atoms with Crippen LogP contribution in [0.15, 0.2) is 35.3 Å². The number of fused-ring (bicyclic) bond motifs is 1. The summed E-state index contributed by atoms with van der Waals surface area (Å²) in [6, 6.07) is 9.65. The van der Waals surface area contributed by atoms with Gasteiger partial charge in [0.05, 0.1) is 25.5 Å². The molecule has 6 heteroatoms. The molecule has 0 amide bonds. The van der Waals surface area contributed by atoms with E-state index < -0.39 is 0 Å². The molecule has 1 aliphatic heterocycles. The molecule has 126 valence electrons. The Morgan fingerprint density at radius 1 is 1.17 bits per heavy atom. The molecule has 1 aromatic carbocycles. The van der Waals surface area contributed by atoms with Crippen LogP contribution in [0.4, 0.5) is 5.69 Å². The SMILES string of the molecule is Cc1ccc(CN=C(N)Nc2ccc3c(c2)OCCCO3)nc1C. The number of pyridine rings is 1. The quantitative estimate of drug-likeness (QED) is 0.669. The molecule has 0 saturated carbocycles. The van der Waals surface area contributed by atoms with E-state index in [0.717, 1.165) is 35.0 Å². The Bertz CT molecular complexity index is 759. The molecule has 24 heavy (non-hydrogen) atoms. The molecule has 1 aromatic heterocycles. The van der Waals surface area contributed by atoms with Crippen molar-refractivity contribution in [2.45, 2.75) is 26.8 Å². The number of aryl methyl sites for hydroxylation is 2. The van der Waals surface area contributed by atoms with Gasteiger partial charge in [-0.3, -0.25) is 4.98 Å². The number of nitrogens with two attached hydrogens (primary N) is 1. The van der Waals surface area contributed by atoms with E-state index in [1.54, 1.807) is 0 Å². The first-order valence-corrected chi connectivity index (χ1v) is 8.01. The largest absolute Gasteiger partial charge is 0.490 e. The molecule has 2 aromatic rings. The van der Waals surface area contributed by atoms with Crippen molar-refractivity contribution in [3.63, 3.8) is 0 Å². The van der Waals surface area contributed by atoms with Gasteiger partial charge in [-0.05, 0) is 37.6 Å². The Labute approximate surface area is 141 Å². The summed E-state index contributed by atoms with van der Waals surface area (Å²) < 4.78 is 11.3. The first kappa shape index (κ1) is 16.1. The molecule has 3 rings (SSSR count). The number of aliphatic imine (C=N–C) groups is 1. The van der Waals surface area contributed by atoms with Gasteiger partial charge in [0.1, 0.15) is 0 Å². The van der Waals surface area contributed by atoms with E-state index in [-0.39, 0.29) is 0 Å². The smallest absolute Gasteiger partial charge is 0.193 e. The topological polar surface area (TPSA) is 81.8 Å². The molecular formula is C18H22N4O2. The average molecular weight is 326 g/mol. The molecule has 0 spiro atoms. The number of aromatic nitrogens is 1. The van der Waals surface area contributed by atoms with Crippen LogP contribution in [0, 0.1) is 13.8 Å². The van der Waals surface area contributed by atoms with Gasteiger partial charge in [0, 0.05) is 23.9 Å². The maximum atomic E-state index is 5.97. The van der Waals surface area contributed by atoms with Gasteiger partial charge in [-0.1, -0.05) is 6.07 Å². The Kier molecular flexibility index (Phi) is 4.84. The summed E-state index contributed by atoms with van der Waals surface area (Å²) in [6.45, 7) is 5.78. The maximum absolute atomic E-state index is 5.97. The van der Waals surface area contributed by atoms with Crippen molar-refractivity contribution in [1.29, 1.82) is 0 Å². The number of hydrogen-bond acceptors (Lipinski definition) is 4. The van der Waals surface area contributed by atoms with Crippen LogP contribution in [0.25, 0.3) is 0 Å². The van der Waals surface area contributed by atoms with Crippen LogP contribution in [0.2, 0.25) is 0 Å². The molecular weight excluding hydrogens is 304 g/mol. The third-order valence-corrected chi connectivity index (χ3v) is 3.84. The molecule has 0 fully saturated rings. The van der Waals surface area contributed by atoms with Gasteiger partial charge in [-0.25, -0.2) is 4.99 Å². The molecule has 2 heterocycles. The van der Waals surface area contributed by atoms with Gasteiger partial charge in [-0.2, -0.15) is 0 Å². The first-order valence-electron chi connectivity index (χ1n) is 8.01. The zero-order chi connectivity index (χ0) is 16.9. The Hall–Kier alpha value is -2.76. The molecule has 6 nitrogen and oxygen atoms in total. The highest BCUT2D eigenvalue weighted by atomic mass is 16.5. The molecule has 0 saturated heterocycles. The number of nitrogens with zero attached hydrogens (tertiary/aromatic N) is 2. The highest BCUT2D eigenvalue weighted by molar-refractivity contribution is 5.92. The van der Waals surface area contributed by atoms with Gasteiger partial charge in [0.25, 0.3) is 0 Å². The lowest BCUT2D eigenvalue weighted by atomic mass is 10.2. The summed E-state index contributed by atoms with van der Waals surface area (Å²) in [4.78, 5) is 8.83. The highest BCUT2D eigenvalue weighted by Gasteiger charge is 2.10. The van der Waals surface area contributed by atoms with Crippen molar-refractivity contribution < 1.29 is 9.47 Å². The normalized spacial score (nSPS) is 14.2. The van der Waals surface area contributed by atoms with E-state index in [1.807, 2.05) is 44.2 Å². The van der Waals surface area contributed by atoms with Crippen LogP contribution in [-0.4, -0.2) is 24.2 Å². The second kappa shape index (κ2) is 7.21. The van der Waals surface area contributed by atoms with Crippen LogP contribution in [0.5, 0.6) is 11.5 Å². The summed E-state index contributed by atoms with van der Waals surface area (Å²) in [5.41, 5.74) is 9.85. The van der Waals surface area contributed by atoms with Crippen molar-refractivity contribution in [1.82, 2.24) is 4.98 Å². The van der Waals surface area contributed by atoms with Crippen molar-refractivity contribution in [3.8, 4) is 11.5 Å². The summed E-state index contributed by atoms with van der Waals surface area (Å²) >= 11 is 0. The third-order valence-electron chi connectivity index (χ3n) is 3.84. The first-order chi connectivity index (χ1) is 11.6. The predicted molar refractivity (Wildman–Crippen MR) is 94.7 cm³/mol. The second-order valence-electron chi connectivity index (χ2n) is 5.74. The van der Waals surface area contributed by atoms with Crippen LogP contribution in [-0.2, 0) is 6.54 Å². The van der Waals surface area contributed by atoms with Crippen molar-refractivity contribution in [2.24, 2.45) is 10.7 Å². The number of ether oxygens (including phenoxy) is 2. The van der Waals surface area contributed by atoms with E-state index in [0.29, 0.717) is 25.7 Å². The maximum Gasteiger partial charge on any atom is 0.193 e. The number of hydrogen-bond donors (Lipinski definition) is 2. The van der Waals surface area contributed by atoms with Crippen molar-refractivity contribution >= 4 is 11.6 Å². The number of guanidine groups is 1. The van der Waals surface area contributed by atoms with E-state index in [1.165, 1.54) is 5.56 Å². The minimum atomic E-state index is 0.338. The van der Waals surface area contributed by atoms with Crippen LogP contribution >= 0.6 is 0 Å². The van der Waals surface area contributed by atoms with Crippen LogP contribution in [0.1, 0.15) is 23.4 Å². The Morgan fingerprint density at radius 3 is 2.75 bits per heavy atom. The monoisotopic (exact) mass is 326 g/mol. The molecule has 0 radical (unpaired) electrons. The zero-order valence-electron chi connectivity index (χ0n) is 14.0. The highest BCUT2D eigenvalue weighted by Crippen LogP contribution is 2.32. The number of nitrogens with one attached hydrogen (secondary N) is 1. The van der Waals surface area contributed by atoms with Gasteiger partial charge in [0.2, 0.25) is 0 Å². The third kappa shape index (κ3) is 3.95. The van der Waals surface area contributed by atoms with Gasteiger partial charge < -0.3 is 20.5 Å². The summed E-state index contributed by atoms with van der Waals surface area (Å²) in [6.07, 6.45) is 0.879. The van der Waals surface area contributed by atoms with E-state index in [2.05, 4.69) is 15.3 Å². The minimum Gasteiger partial charge on any atom is -0.490 e. The molecule has 3 N–H and O–H groups in total. The molecule has 0 aliphatic carbocycles. The lowest BCUT2D eigenvalue weighted by Crippen LogP contribution is -2.22. The van der Waals surface area contributed by atoms with Gasteiger partial charge in [0.15, 0.2) is 17.5 Å². The van der Waals surface area contributed by atoms with E-state index in [9.17, 15) is 0 Å². The van der Waals surface area contributed by atoms with Crippen LogP contribution in [0.3, 0.4) is 0 Å². The summed E-state index contributed by atoms with van der Waals surface area (Å²) in [7, 11) is 0. The second-order valence-corrected chi connectivity index (χ2v) is 5.74. The lowest BCUT2D eigenvalue weighted by molar-refractivity contribution is 0.297. The molecule has 0 unspecified atom stereocenters. The predicted octanol–water partition coefficient (Wildman–Crippen LogP) is 2.79. The number of anilines is 1. The molecule has 0 atom stereocenters. The fraction of sp³-hybridized carbons (Fsp3) is 0.333. The zero-order valence-corrected chi connectivity index (χ0v) is 14.0. The van der Waals surface area contributed by atoms with Crippen molar-refractivity contribution in [3.05, 3.63) is 47.3 Å².